The molecule has 0 spiro atoms. The van der Waals surface area contributed by atoms with Gasteiger partial charge < -0.3 is 4.74 Å². The van der Waals surface area contributed by atoms with Crippen LogP contribution in [0.2, 0.25) is 0 Å². The lowest BCUT2D eigenvalue weighted by atomic mass is 9.68. The van der Waals surface area contributed by atoms with Crippen LogP contribution in [0.4, 0.5) is 17.6 Å². The highest BCUT2D eigenvalue weighted by molar-refractivity contribution is 5.03. The first-order chi connectivity index (χ1) is 14.4. The number of hydrogen-bond acceptors (Lipinski definition) is 1. The maximum Gasteiger partial charge on any atom is 0.412 e. The molecule has 2 aliphatic carbocycles. The maximum atomic E-state index is 13.9. The Hall–Kier alpha value is -0.580. The highest BCUT2D eigenvalue weighted by Crippen LogP contribution is 2.45. The molecule has 1 saturated heterocycles. The summed E-state index contributed by atoms with van der Waals surface area (Å²) < 4.78 is 57.3. The molecule has 2 atom stereocenters. The number of hydrogen-bond donors (Lipinski definition) is 0. The third-order valence-electron chi connectivity index (χ3n) is 8.09. The van der Waals surface area contributed by atoms with E-state index in [2.05, 4.69) is 6.92 Å². The van der Waals surface area contributed by atoms with Gasteiger partial charge in [0, 0.05) is 12.5 Å². The Labute approximate surface area is 180 Å². The minimum absolute atomic E-state index is 0.137. The molecular weight excluding hydrogens is 392 g/mol. The van der Waals surface area contributed by atoms with E-state index >= 15 is 0 Å². The van der Waals surface area contributed by atoms with E-state index in [0.717, 1.165) is 25.4 Å². The van der Waals surface area contributed by atoms with Gasteiger partial charge in [-0.2, -0.15) is 13.2 Å². The standard InChI is InChI=1S/C25H40F4O/c1-2-3-4-5-18-6-15-24(30-17-18)22-13-9-20(10-14-22)19-7-11-21(12-8-19)23(26)16-25(27,28)29/h16,18-22,24H,2-15,17H2,1H3. The van der Waals surface area contributed by atoms with Crippen molar-refractivity contribution in [3.8, 4) is 0 Å². The first-order valence-corrected chi connectivity index (χ1v) is 12.4. The summed E-state index contributed by atoms with van der Waals surface area (Å²) in [6.45, 7) is 3.19. The fourth-order valence-electron chi connectivity index (χ4n) is 6.24. The SMILES string of the molecule is CCCCCC1CCC(C2CCC(C3CCC(C(F)=CC(F)(F)F)CC3)CC2)OC1. The largest absolute Gasteiger partial charge is 0.412 e. The zero-order valence-electron chi connectivity index (χ0n) is 18.6. The topological polar surface area (TPSA) is 9.23 Å². The number of ether oxygens (including phenoxy) is 1. The van der Waals surface area contributed by atoms with E-state index in [1.807, 2.05) is 0 Å². The van der Waals surface area contributed by atoms with E-state index in [0.29, 0.717) is 36.7 Å². The van der Waals surface area contributed by atoms with Crippen LogP contribution in [0.3, 0.4) is 0 Å². The molecule has 174 valence electrons. The Morgan fingerprint density at radius 2 is 1.43 bits per heavy atom. The minimum Gasteiger partial charge on any atom is -0.378 e. The molecule has 3 rings (SSSR count). The summed E-state index contributed by atoms with van der Waals surface area (Å²) >= 11 is 0. The first-order valence-electron chi connectivity index (χ1n) is 12.4. The van der Waals surface area contributed by atoms with Crippen LogP contribution in [0.25, 0.3) is 0 Å². The molecule has 1 heterocycles. The lowest BCUT2D eigenvalue weighted by Crippen LogP contribution is -2.35. The number of unbranched alkanes of at least 4 members (excludes halogenated alkanes) is 2. The van der Waals surface area contributed by atoms with Gasteiger partial charge in [-0.3, -0.25) is 0 Å². The molecule has 5 heteroatoms. The van der Waals surface area contributed by atoms with Gasteiger partial charge in [-0.25, -0.2) is 4.39 Å². The number of halogens is 4. The zero-order valence-corrected chi connectivity index (χ0v) is 18.6. The monoisotopic (exact) mass is 432 g/mol. The summed E-state index contributed by atoms with van der Waals surface area (Å²) in [7, 11) is 0. The van der Waals surface area contributed by atoms with Crippen molar-refractivity contribution in [2.45, 2.75) is 109 Å². The molecule has 0 bridgehead atoms. The minimum atomic E-state index is -4.55. The molecule has 1 aliphatic heterocycles. The summed E-state index contributed by atoms with van der Waals surface area (Å²) in [6, 6.07) is 0. The summed E-state index contributed by atoms with van der Waals surface area (Å²) in [5.41, 5.74) is 0. The highest BCUT2D eigenvalue weighted by Gasteiger charge is 2.36. The predicted molar refractivity (Wildman–Crippen MR) is 113 cm³/mol. The van der Waals surface area contributed by atoms with Crippen molar-refractivity contribution in [3.63, 3.8) is 0 Å². The zero-order chi connectivity index (χ0) is 21.6. The van der Waals surface area contributed by atoms with Crippen molar-refractivity contribution in [1.82, 2.24) is 0 Å². The van der Waals surface area contributed by atoms with E-state index < -0.39 is 17.9 Å². The van der Waals surface area contributed by atoms with Crippen molar-refractivity contribution in [2.75, 3.05) is 6.61 Å². The van der Waals surface area contributed by atoms with Crippen LogP contribution in [-0.4, -0.2) is 18.9 Å². The lowest BCUT2D eigenvalue weighted by Gasteiger charge is -2.41. The average molecular weight is 433 g/mol. The van der Waals surface area contributed by atoms with Gasteiger partial charge in [0.05, 0.1) is 12.2 Å². The normalized spacial score (nSPS) is 36.6. The van der Waals surface area contributed by atoms with Gasteiger partial charge >= 0.3 is 6.18 Å². The molecular formula is C25H40F4O. The molecule has 1 nitrogen and oxygen atoms in total. The van der Waals surface area contributed by atoms with Crippen LogP contribution in [0.5, 0.6) is 0 Å². The Morgan fingerprint density at radius 1 is 0.833 bits per heavy atom. The Balaban J connectivity index is 1.35. The van der Waals surface area contributed by atoms with Crippen LogP contribution in [-0.2, 0) is 4.74 Å². The van der Waals surface area contributed by atoms with E-state index in [4.69, 9.17) is 4.74 Å². The van der Waals surface area contributed by atoms with Crippen molar-refractivity contribution in [2.24, 2.45) is 29.6 Å². The first kappa shape index (κ1) is 24.1. The average Bonchev–Trinajstić information content (AvgIpc) is 2.73. The van der Waals surface area contributed by atoms with Crippen LogP contribution in [0, 0.1) is 29.6 Å². The van der Waals surface area contributed by atoms with E-state index in [1.165, 1.54) is 64.2 Å². The molecule has 3 fully saturated rings. The summed E-state index contributed by atoms with van der Waals surface area (Å²) in [6.07, 6.45) is 11.3. The predicted octanol–water partition coefficient (Wildman–Crippen LogP) is 8.39. The number of alkyl halides is 3. The van der Waals surface area contributed by atoms with Crippen molar-refractivity contribution >= 4 is 0 Å². The van der Waals surface area contributed by atoms with Crippen LogP contribution in [0.1, 0.15) is 96.8 Å². The van der Waals surface area contributed by atoms with Crippen molar-refractivity contribution in [1.29, 1.82) is 0 Å². The van der Waals surface area contributed by atoms with E-state index in [-0.39, 0.29) is 6.08 Å². The molecule has 2 unspecified atom stereocenters. The lowest BCUT2D eigenvalue weighted by molar-refractivity contribution is -0.0822. The summed E-state index contributed by atoms with van der Waals surface area (Å²) in [4.78, 5) is 0. The molecule has 3 aliphatic rings. The van der Waals surface area contributed by atoms with Gasteiger partial charge in [0.25, 0.3) is 0 Å². The fourth-order valence-corrected chi connectivity index (χ4v) is 6.24. The van der Waals surface area contributed by atoms with Crippen molar-refractivity contribution in [3.05, 3.63) is 11.9 Å². The molecule has 0 N–H and O–H groups in total. The van der Waals surface area contributed by atoms with Gasteiger partial charge in [0.15, 0.2) is 0 Å². The quantitative estimate of drug-likeness (QED) is 0.290. The Bertz CT molecular complexity index is 520. The number of allylic oxidation sites excluding steroid dienone is 2. The fraction of sp³-hybridized carbons (Fsp3) is 0.920. The second-order valence-corrected chi connectivity index (χ2v) is 10.2. The molecule has 0 aromatic heterocycles. The van der Waals surface area contributed by atoms with Crippen LogP contribution >= 0.6 is 0 Å². The highest BCUT2D eigenvalue weighted by atomic mass is 19.4. The van der Waals surface area contributed by atoms with Crippen molar-refractivity contribution < 1.29 is 22.3 Å². The molecule has 0 aromatic carbocycles. The smallest absolute Gasteiger partial charge is 0.378 e. The summed E-state index contributed by atoms with van der Waals surface area (Å²) in [5.74, 6) is 1.18. The molecule has 0 aromatic rings. The van der Waals surface area contributed by atoms with Crippen LogP contribution < -0.4 is 0 Å². The Morgan fingerprint density at radius 3 is 1.97 bits per heavy atom. The third-order valence-corrected chi connectivity index (χ3v) is 8.09. The maximum absolute atomic E-state index is 13.9. The van der Waals surface area contributed by atoms with Gasteiger partial charge in [0.2, 0.25) is 0 Å². The molecule has 0 radical (unpaired) electrons. The second kappa shape index (κ2) is 11.3. The van der Waals surface area contributed by atoms with Crippen LogP contribution in [0.15, 0.2) is 11.9 Å². The molecule has 30 heavy (non-hydrogen) atoms. The van der Waals surface area contributed by atoms with Gasteiger partial charge in [-0.15, -0.1) is 0 Å². The third kappa shape index (κ3) is 7.24. The van der Waals surface area contributed by atoms with E-state index in [9.17, 15) is 17.6 Å². The second-order valence-electron chi connectivity index (χ2n) is 10.2. The van der Waals surface area contributed by atoms with Gasteiger partial charge in [-0.05, 0) is 94.3 Å². The number of rotatable bonds is 7. The summed E-state index contributed by atoms with van der Waals surface area (Å²) in [5, 5.41) is 0. The Kier molecular flexibility index (Phi) is 9.09. The molecule has 0 amide bonds. The molecule has 2 saturated carbocycles. The van der Waals surface area contributed by atoms with Gasteiger partial charge in [-0.1, -0.05) is 26.2 Å². The van der Waals surface area contributed by atoms with E-state index in [1.54, 1.807) is 0 Å². The van der Waals surface area contributed by atoms with Gasteiger partial charge in [0.1, 0.15) is 5.83 Å².